The number of amides is 1. The Morgan fingerprint density at radius 1 is 1.10 bits per heavy atom. The van der Waals surface area contributed by atoms with E-state index in [1.807, 2.05) is 19.1 Å². The number of aryl methyl sites for hydroxylation is 2. The first-order valence-electron chi connectivity index (χ1n) is 11.0. The molecular formula is C25H30N4OS. The predicted molar refractivity (Wildman–Crippen MR) is 128 cm³/mol. The monoisotopic (exact) mass is 434 g/mol. The number of anilines is 2. The van der Waals surface area contributed by atoms with E-state index in [9.17, 15) is 4.79 Å². The molecule has 1 fully saturated rings. The zero-order valence-corrected chi connectivity index (χ0v) is 19.0. The van der Waals surface area contributed by atoms with E-state index in [-0.39, 0.29) is 11.9 Å². The van der Waals surface area contributed by atoms with Crippen molar-refractivity contribution in [3.8, 4) is 0 Å². The highest BCUT2D eigenvalue weighted by molar-refractivity contribution is 7.17. The molecule has 6 heteroatoms. The van der Waals surface area contributed by atoms with Gasteiger partial charge < -0.3 is 10.6 Å². The molecule has 1 aliphatic heterocycles. The van der Waals surface area contributed by atoms with Gasteiger partial charge in [-0.05, 0) is 43.4 Å². The molecule has 0 unspecified atom stereocenters. The van der Waals surface area contributed by atoms with Gasteiger partial charge in [-0.1, -0.05) is 66.8 Å². The summed E-state index contributed by atoms with van der Waals surface area (Å²) in [6.45, 7) is 7.02. The summed E-state index contributed by atoms with van der Waals surface area (Å²) in [5.41, 5.74) is 4.41. The minimum Gasteiger partial charge on any atom is -0.348 e. The van der Waals surface area contributed by atoms with Crippen molar-refractivity contribution >= 4 is 28.1 Å². The number of likely N-dealkylation sites (tertiary alicyclic amines) is 1. The lowest BCUT2D eigenvalue weighted by atomic mass is 10.0. The van der Waals surface area contributed by atoms with Gasteiger partial charge in [0.05, 0.1) is 5.69 Å². The number of hydrogen-bond acceptors (Lipinski definition) is 5. The molecule has 2 aromatic carbocycles. The van der Waals surface area contributed by atoms with Crippen LogP contribution in [0.5, 0.6) is 0 Å². The van der Waals surface area contributed by atoms with Crippen LogP contribution in [0.3, 0.4) is 0 Å². The summed E-state index contributed by atoms with van der Waals surface area (Å²) in [5.74, 6) is -0.00617. The van der Waals surface area contributed by atoms with Crippen LogP contribution in [-0.4, -0.2) is 34.9 Å². The number of carbonyl (C=O) groups is 1. The van der Waals surface area contributed by atoms with Gasteiger partial charge in [0.1, 0.15) is 4.88 Å². The third-order valence-corrected chi connectivity index (χ3v) is 6.89. The van der Waals surface area contributed by atoms with Gasteiger partial charge in [0.25, 0.3) is 5.91 Å². The van der Waals surface area contributed by atoms with Gasteiger partial charge in [0.15, 0.2) is 5.13 Å². The number of hydrogen-bond donors (Lipinski definition) is 2. The highest BCUT2D eigenvalue weighted by atomic mass is 32.1. The lowest BCUT2D eigenvalue weighted by molar-refractivity contribution is 0.0912. The molecule has 1 amide bonds. The van der Waals surface area contributed by atoms with Crippen molar-refractivity contribution in [2.45, 2.75) is 45.7 Å². The summed E-state index contributed by atoms with van der Waals surface area (Å²) in [4.78, 5) is 20.7. The molecule has 162 valence electrons. The smallest absolute Gasteiger partial charge is 0.263 e. The van der Waals surface area contributed by atoms with E-state index in [4.69, 9.17) is 0 Å². The number of nitrogens with one attached hydrogen (secondary N) is 2. The Kier molecular flexibility index (Phi) is 6.99. The third-order valence-electron chi connectivity index (χ3n) is 5.81. The Morgan fingerprint density at radius 3 is 2.55 bits per heavy atom. The second-order valence-corrected chi connectivity index (χ2v) is 9.08. The standard InChI is InChI=1S/C25H30N4OS/c1-3-20-11-7-8-12-22(20)28-25-26-18(2)23(31-25)24(30)27-21-13-15-29(16-14-21)17-19-9-5-4-6-10-19/h4-12,21H,3,13-17H2,1-2H3,(H,26,28)(H,27,30). The number of piperidine rings is 1. The second kappa shape index (κ2) is 10.1. The SMILES string of the molecule is CCc1ccccc1Nc1nc(C)c(C(=O)NC2CCN(Cc3ccccc3)CC2)s1. The zero-order valence-electron chi connectivity index (χ0n) is 18.2. The Balaban J connectivity index is 1.32. The van der Waals surface area contributed by atoms with E-state index in [0.717, 1.165) is 55.4 Å². The van der Waals surface area contributed by atoms with Crippen molar-refractivity contribution in [1.29, 1.82) is 0 Å². The van der Waals surface area contributed by atoms with Crippen LogP contribution in [0.25, 0.3) is 0 Å². The molecule has 3 aromatic rings. The highest BCUT2D eigenvalue weighted by Crippen LogP contribution is 2.28. The molecule has 5 nitrogen and oxygen atoms in total. The van der Waals surface area contributed by atoms with Crippen LogP contribution in [0.1, 0.15) is 46.3 Å². The number of benzene rings is 2. The summed E-state index contributed by atoms with van der Waals surface area (Å²) >= 11 is 1.43. The van der Waals surface area contributed by atoms with Crippen molar-refractivity contribution in [2.75, 3.05) is 18.4 Å². The van der Waals surface area contributed by atoms with Crippen molar-refractivity contribution in [2.24, 2.45) is 0 Å². The Bertz CT molecular complexity index is 1010. The lowest BCUT2D eigenvalue weighted by Gasteiger charge is -2.32. The number of nitrogens with zero attached hydrogens (tertiary/aromatic N) is 2. The summed E-state index contributed by atoms with van der Waals surface area (Å²) < 4.78 is 0. The quantitative estimate of drug-likeness (QED) is 0.540. The molecule has 1 aromatic heterocycles. The van der Waals surface area contributed by atoms with Gasteiger partial charge in [-0.25, -0.2) is 4.98 Å². The van der Waals surface area contributed by atoms with Crippen LogP contribution in [0, 0.1) is 6.92 Å². The molecule has 1 saturated heterocycles. The largest absolute Gasteiger partial charge is 0.348 e. The maximum atomic E-state index is 12.9. The van der Waals surface area contributed by atoms with Gasteiger partial charge in [0.2, 0.25) is 0 Å². The number of para-hydroxylation sites is 1. The lowest BCUT2D eigenvalue weighted by Crippen LogP contribution is -2.44. The van der Waals surface area contributed by atoms with E-state index in [0.29, 0.717) is 4.88 Å². The fourth-order valence-electron chi connectivity index (χ4n) is 4.05. The van der Waals surface area contributed by atoms with Gasteiger partial charge in [-0.3, -0.25) is 9.69 Å². The number of rotatable bonds is 7. The molecule has 0 spiro atoms. The summed E-state index contributed by atoms with van der Waals surface area (Å²) in [6.07, 6.45) is 2.90. The molecule has 31 heavy (non-hydrogen) atoms. The van der Waals surface area contributed by atoms with Gasteiger partial charge in [-0.15, -0.1) is 0 Å². The Morgan fingerprint density at radius 2 is 1.81 bits per heavy atom. The maximum absolute atomic E-state index is 12.9. The van der Waals surface area contributed by atoms with Crippen LogP contribution in [0.4, 0.5) is 10.8 Å². The van der Waals surface area contributed by atoms with Crippen LogP contribution < -0.4 is 10.6 Å². The van der Waals surface area contributed by atoms with E-state index < -0.39 is 0 Å². The second-order valence-electron chi connectivity index (χ2n) is 8.08. The van der Waals surface area contributed by atoms with Crippen LogP contribution >= 0.6 is 11.3 Å². The summed E-state index contributed by atoms with van der Waals surface area (Å²) in [7, 11) is 0. The zero-order chi connectivity index (χ0) is 21.6. The normalized spacial score (nSPS) is 15.0. The first-order valence-corrected chi connectivity index (χ1v) is 11.8. The number of thiazole rings is 1. The number of aromatic nitrogens is 1. The molecule has 0 aliphatic carbocycles. The van der Waals surface area contributed by atoms with E-state index in [2.05, 4.69) is 69.9 Å². The van der Waals surface area contributed by atoms with Crippen LogP contribution in [0.2, 0.25) is 0 Å². The van der Waals surface area contributed by atoms with Crippen molar-refractivity contribution < 1.29 is 4.79 Å². The minimum atomic E-state index is -0.00617. The van der Waals surface area contributed by atoms with Crippen molar-refractivity contribution in [3.63, 3.8) is 0 Å². The molecule has 2 N–H and O–H groups in total. The Labute approximate surface area is 188 Å². The molecular weight excluding hydrogens is 404 g/mol. The average molecular weight is 435 g/mol. The minimum absolute atomic E-state index is 0.00617. The van der Waals surface area contributed by atoms with Gasteiger partial charge >= 0.3 is 0 Å². The molecule has 0 saturated carbocycles. The molecule has 0 bridgehead atoms. The summed E-state index contributed by atoms with van der Waals surface area (Å²) in [6, 6.07) is 19.0. The molecule has 2 heterocycles. The van der Waals surface area contributed by atoms with Crippen molar-refractivity contribution in [1.82, 2.24) is 15.2 Å². The fraction of sp³-hybridized carbons (Fsp3) is 0.360. The molecule has 0 radical (unpaired) electrons. The Hall–Kier alpha value is -2.70. The predicted octanol–water partition coefficient (Wildman–Crippen LogP) is 5.15. The van der Waals surface area contributed by atoms with E-state index in [1.54, 1.807) is 0 Å². The highest BCUT2D eigenvalue weighted by Gasteiger charge is 2.23. The van der Waals surface area contributed by atoms with Crippen LogP contribution in [-0.2, 0) is 13.0 Å². The molecule has 0 atom stereocenters. The van der Waals surface area contributed by atoms with Gasteiger partial charge in [-0.2, -0.15) is 0 Å². The third kappa shape index (κ3) is 5.51. The van der Waals surface area contributed by atoms with E-state index >= 15 is 0 Å². The van der Waals surface area contributed by atoms with E-state index in [1.165, 1.54) is 22.5 Å². The topological polar surface area (TPSA) is 57.3 Å². The van der Waals surface area contributed by atoms with Crippen molar-refractivity contribution in [3.05, 3.63) is 76.3 Å². The molecule has 1 aliphatic rings. The first kappa shape index (κ1) is 21.5. The van der Waals surface area contributed by atoms with Gasteiger partial charge in [0, 0.05) is 31.4 Å². The van der Waals surface area contributed by atoms with Crippen LogP contribution in [0.15, 0.2) is 54.6 Å². The first-order chi connectivity index (χ1) is 15.1. The maximum Gasteiger partial charge on any atom is 0.263 e. The number of carbonyl (C=O) groups excluding carboxylic acids is 1. The molecule has 4 rings (SSSR count). The summed E-state index contributed by atoms with van der Waals surface area (Å²) in [5, 5.41) is 7.40. The fourth-order valence-corrected chi connectivity index (χ4v) is 4.94. The average Bonchev–Trinajstić information content (AvgIpc) is 3.16.